The summed E-state index contributed by atoms with van der Waals surface area (Å²) in [7, 11) is 0. The van der Waals surface area contributed by atoms with Crippen LogP contribution in [0.2, 0.25) is 0 Å². The fourth-order valence-corrected chi connectivity index (χ4v) is 3.19. The van der Waals surface area contributed by atoms with Gasteiger partial charge in [-0.15, -0.1) is 0 Å². The highest BCUT2D eigenvalue weighted by molar-refractivity contribution is 4.90. The summed E-state index contributed by atoms with van der Waals surface area (Å²) < 4.78 is 0. The molecular formula is C14H28O. The molecular weight excluding hydrogens is 184 g/mol. The average Bonchev–Trinajstić information content (AvgIpc) is 2.75. The maximum Gasteiger partial charge on any atom is 0.0599 e. The normalized spacial score (nSPS) is 22.2. The minimum atomic E-state index is -0.0464. The van der Waals surface area contributed by atoms with Gasteiger partial charge in [-0.05, 0) is 37.0 Å². The van der Waals surface area contributed by atoms with Crippen LogP contribution in [-0.4, -0.2) is 11.2 Å². The SMILES string of the molecule is CCC(CC)CC(O)C1(CC)CCCC1. The Bertz CT molecular complexity index is 166. The molecule has 0 aliphatic heterocycles. The van der Waals surface area contributed by atoms with Crippen molar-refractivity contribution in [2.75, 3.05) is 0 Å². The summed E-state index contributed by atoms with van der Waals surface area (Å²) in [5, 5.41) is 10.4. The van der Waals surface area contributed by atoms with E-state index >= 15 is 0 Å². The quantitative estimate of drug-likeness (QED) is 0.701. The molecule has 0 aromatic carbocycles. The van der Waals surface area contributed by atoms with Gasteiger partial charge < -0.3 is 5.11 Å². The molecule has 1 nitrogen and oxygen atoms in total. The Balaban J connectivity index is 2.53. The van der Waals surface area contributed by atoms with E-state index in [9.17, 15) is 5.11 Å². The van der Waals surface area contributed by atoms with E-state index in [0.717, 1.165) is 18.8 Å². The van der Waals surface area contributed by atoms with Gasteiger partial charge in [0, 0.05) is 0 Å². The lowest BCUT2D eigenvalue weighted by Crippen LogP contribution is -2.33. The summed E-state index contributed by atoms with van der Waals surface area (Å²) in [4.78, 5) is 0. The maximum atomic E-state index is 10.4. The molecule has 1 heteroatoms. The van der Waals surface area contributed by atoms with E-state index in [1.807, 2.05) is 0 Å². The van der Waals surface area contributed by atoms with Crippen molar-refractivity contribution < 1.29 is 5.11 Å². The number of aliphatic hydroxyl groups is 1. The van der Waals surface area contributed by atoms with E-state index in [2.05, 4.69) is 20.8 Å². The molecule has 90 valence electrons. The van der Waals surface area contributed by atoms with Gasteiger partial charge in [0.25, 0.3) is 0 Å². The minimum absolute atomic E-state index is 0.0464. The fourth-order valence-electron chi connectivity index (χ4n) is 3.19. The summed E-state index contributed by atoms with van der Waals surface area (Å²) in [6, 6.07) is 0. The summed E-state index contributed by atoms with van der Waals surface area (Å²) in [6.45, 7) is 6.74. The van der Waals surface area contributed by atoms with Gasteiger partial charge in [-0.2, -0.15) is 0 Å². The third-order valence-electron chi connectivity index (χ3n) is 4.72. The molecule has 1 rings (SSSR count). The Morgan fingerprint density at radius 1 is 1.07 bits per heavy atom. The van der Waals surface area contributed by atoms with E-state index < -0.39 is 0 Å². The van der Waals surface area contributed by atoms with Crippen LogP contribution in [0.5, 0.6) is 0 Å². The lowest BCUT2D eigenvalue weighted by Gasteiger charge is -2.35. The van der Waals surface area contributed by atoms with Crippen molar-refractivity contribution in [1.29, 1.82) is 0 Å². The lowest BCUT2D eigenvalue weighted by molar-refractivity contribution is 0.00614. The van der Waals surface area contributed by atoms with Gasteiger partial charge in [0.1, 0.15) is 0 Å². The van der Waals surface area contributed by atoms with Crippen molar-refractivity contribution in [3.8, 4) is 0 Å². The highest BCUT2D eigenvalue weighted by atomic mass is 16.3. The number of aliphatic hydroxyl groups excluding tert-OH is 1. The molecule has 0 aromatic rings. The lowest BCUT2D eigenvalue weighted by atomic mass is 9.74. The predicted octanol–water partition coefficient (Wildman–Crippen LogP) is 4.14. The zero-order chi connectivity index (χ0) is 11.3. The average molecular weight is 212 g/mol. The van der Waals surface area contributed by atoms with Crippen molar-refractivity contribution in [3.63, 3.8) is 0 Å². The van der Waals surface area contributed by atoms with E-state index in [1.165, 1.54) is 38.5 Å². The monoisotopic (exact) mass is 212 g/mol. The second-order valence-electron chi connectivity index (χ2n) is 5.36. The summed E-state index contributed by atoms with van der Waals surface area (Å²) >= 11 is 0. The van der Waals surface area contributed by atoms with Crippen LogP contribution < -0.4 is 0 Å². The van der Waals surface area contributed by atoms with Gasteiger partial charge in [0.05, 0.1) is 6.10 Å². The van der Waals surface area contributed by atoms with E-state index in [4.69, 9.17) is 0 Å². The van der Waals surface area contributed by atoms with Gasteiger partial charge in [0.15, 0.2) is 0 Å². The van der Waals surface area contributed by atoms with Gasteiger partial charge >= 0.3 is 0 Å². The molecule has 1 unspecified atom stereocenters. The molecule has 0 spiro atoms. The third kappa shape index (κ3) is 2.96. The topological polar surface area (TPSA) is 20.2 Å². The summed E-state index contributed by atoms with van der Waals surface area (Å²) in [5.41, 5.74) is 0.280. The fraction of sp³-hybridized carbons (Fsp3) is 1.00. The van der Waals surface area contributed by atoms with Gasteiger partial charge in [0.2, 0.25) is 0 Å². The molecule has 1 N–H and O–H groups in total. The predicted molar refractivity (Wildman–Crippen MR) is 65.9 cm³/mol. The molecule has 0 bridgehead atoms. The van der Waals surface area contributed by atoms with Crippen molar-refractivity contribution >= 4 is 0 Å². The van der Waals surface area contributed by atoms with Crippen LogP contribution in [0, 0.1) is 11.3 Å². The van der Waals surface area contributed by atoms with Crippen molar-refractivity contribution in [2.45, 2.75) is 78.2 Å². The smallest absolute Gasteiger partial charge is 0.0599 e. The molecule has 1 saturated carbocycles. The molecule has 1 aliphatic rings. The first-order valence-corrected chi connectivity index (χ1v) is 6.86. The van der Waals surface area contributed by atoms with Gasteiger partial charge in [-0.1, -0.05) is 46.5 Å². The second kappa shape index (κ2) is 5.89. The first kappa shape index (κ1) is 13.0. The highest BCUT2D eigenvalue weighted by Gasteiger charge is 2.39. The molecule has 1 atom stereocenters. The molecule has 0 heterocycles. The molecule has 0 aromatic heterocycles. The minimum Gasteiger partial charge on any atom is -0.393 e. The summed E-state index contributed by atoms with van der Waals surface area (Å²) in [5.74, 6) is 0.726. The Hall–Kier alpha value is -0.0400. The Morgan fingerprint density at radius 2 is 1.60 bits per heavy atom. The zero-order valence-electron chi connectivity index (χ0n) is 10.8. The molecule has 1 fully saturated rings. The third-order valence-corrected chi connectivity index (χ3v) is 4.72. The number of hydrogen-bond donors (Lipinski definition) is 1. The standard InChI is InChI=1S/C14H28O/c1-4-12(5-2)11-13(15)14(6-3)9-7-8-10-14/h12-13,15H,4-11H2,1-3H3. The molecule has 1 aliphatic carbocycles. The Labute approximate surface area is 95.3 Å². The van der Waals surface area contributed by atoms with Crippen LogP contribution in [0.4, 0.5) is 0 Å². The van der Waals surface area contributed by atoms with Crippen LogP contribution in [0.15, 0.2) is 0 Å². The summed E-state index contributed by atoms with van der Waals surface area (Å²) in [6.07, 6.45) is 9.74. The van der Waals surface area contributed by atoms with Crippen LogP contribution >= 0.6 is 0 Å². The van der Waals surface area contributed by atoms with Crippen molar-refractivity contribution in [1.82, 2.24) is 0 Å². The Morgan fingerprint density at radius 3 is 2.00 bits per heavy atom. The van der Waals surface area contributed by atoms with Crippen molar-refractivity contribution in [2.24, 2.45) is 11.3 Å². The second-order valence-corrected chi connectivity index (χ2v) is 5.36. The number of rotatable bonds is 6. The van der Waals surface area contributed by atoms with Gasteiger partial charge in [-0.3, -0.25) is 0 Å². The molecule has 0 saturated heterocycles. The van der Waals surface area contributed by atoms with Gasteiger partial charge in [-0.25, -0.2) is 0 Å². The molecule has 15 heavy (non-hydrogen) atoms. The number of hydrogen-bond acceptors (Lipinski definition) is 1. The highest BCUT2D eigenvalue weighted by Crippen LogP contribution is 2.45. The Kier molecular flexibility index (Phi) is 5.11. The van der Waals surface area contributed by atoms with Crippen LogP contribution in [0.25, 0.3) is 0 Å². The first-order valence-electron chi connectivity index (χ1n) is 6.86. The first-order chi connectivity index (χ1) is 7.18. The van der Waals surface area contributed by atoms with E-state index in [1.54, 1.807) is 0 Å². The van der Waals surface area contributed by atoms with E-state index in [-0.39, 0.29) is 11.5 Å². The van der Waals surface area contributed by atoms with Crippen LogP contribution in [-0.2, 0) is 0 Å². The largest absolute Gasteiger partial charge is 0.393 e. The molecule has 0 amide bonds. The van der Waals surface area contributed by atoms with E-state index in [0.29, 0.717) is 0 Å². The zero-order valence-corrected chi connectivity index (χ0v) is 10.8. The van der Waals surface area contributed by atoms with Crippen molar-refractivity contribution in [3.05, 3.63) is 0 Å². The molecule has 0 radical (unpaired) electrons. The maximum absolute atomic E-state index is 10.4. The van der Waals surface area contributed by atoms with Crippen LogP contribution in [0.1, 0.15) is 72.1 Å². The van der Waals surface area contributed by atoms with Crippen LogP contribution in [0.3, 0.4) is 0 Å².